The van der Waals surface area contributed by atoms with Crippen LogP contribution < -0.4 is 0 Å². The topological polar surface area (TPSA) is 85.3 Å². The number of carboxylic acids is 1. The number of imidazole rings is 1. The van der Waals surface area contributed by atoms with Gasteiger partial charge in [-0.1, -0.05) is 0 Å². The van der Waals surface area contributed by atoms with E-state index in [-0.39, 0.29) is 22.7 Å². The fourth-order valence-corrected chi connectivity index (χ4v) is 1.41. The van der Waals surface area contributed by atoms with Gasteiger partial charge >= 0.3 is 5.97 Å². The van der Waals surface area contributed by atoms with Crippen molar-refractivity contribution in [3.63, 3.8) is 0 Å². The largest absolute Gasteiger partial charge is 0.478 e. The molecule has 0 fully saturated rings. The number of furan rings is 1. The van der Waals surface area contributed by atoms with Crippen molar-refractivity contribution in [2.75, 3.05) is 0 Å². The van der Waals surface area contributed by atoms with Crippen LogP contribution in [0.1, 0.15) is 20.8 Å². The zero-order chi connectivity index (χ0) is 11.7. The highest BCUT2D eigenvalue weighted by molar-refractivity contribution is 5.96. The molecule has 82 valence electrons. The number of nitrogens with zero attached hydrogens (tertiary/aromatic N) is 2. The monoisotopic (exact) mass is 220 g/mol. The van der Waals surface area contributed by atoms with Crippen LogP contribution in [0.2, 0.25) is 0 Å². The molecule has 0 atom stereocenters. The van der Waals surface area contributed by atoms with Crippen LogP contribution in [0.3, 0.4) is 0 Å². The van der Waals surface area contributed by atoms with Crippen molar-refractivity contribution in [1.29, 1.82) is 0 Å². The summed E-state index contributed by atoms with van der Waals surface area (Å²) in [5.41, 5.74) is 0.499. The van der Waals surface area contributed by atoms with Crippen LogP contribution in [-0.4, -0.2) is 26.9 Å². The van der Waals surface area contributed by atoms with E-state index >= 15 is 0 Å². The third kappa shape index (κ3) is 1.40. The van der Waals surface area contributed by atoms with E-state index in [9.17, 15) is 9.59 Å². The number of aldehydes is 1. The van der Waals surface area contributed by atoms with Crippen LogP contribution in [0.25, 0.3) is 11.5 Å². The number of rotatable bonds is 3. The van der Waals surface area contributed by atoms with E-state index in [0.29, 0.717) is 6.29 Å². The molecule has 16 heavy (non-hydrogen) atoms. The molecule has 0 amide bonds. The summed E-state index contributed by atoms with van der Waals surface area (Å²) in [4.78, 5) is 25.7. The summed E-state index contributed by atoms with van der Waals surface area (Å²) in [5, 5.41) is 8.90. The Bertz CT molecular complexity index is 553. The van der Waals surface area contributed by atoms with E-state index in [1.165, 1.54) is 23.2 Å². The third-order valence-corrected chi connectivity index (χ3v) is 2.20. The van der Waals surface area contributed by atoms with Crippen molar-refractivity contribution >= 4 is 12.3 Å². The highest BCUT2D eigenvalue weighted by Crippen LogP contribution is 2.25. The quantitative estimate of drug-likeness (QED) is 0.785. The van der Waals surface area contributed by atoms with E-state index < -0.39 is 5.97 Å². The highest BCUT2D eigenvalue weighted by atomic mass is 16.4. The molecular formula is C10H8N2O4. The molecule has 0 unspecified atom stereocenters. The second kappa shape index (κ2) is 3.65. The van der Waals surface area contributed by atoms with Crippen molar-refractivity contribution < 1.29 is 19.1 Å². The Balaban J connectivity index is 2.63. The summed E-state index contributed by atoms with van der Waals surface area (Å²) in [6.45, 7) is 0. The number of hydrogen-bond acceptors (Lipinski definition) is 4. The molecule has 2 aromatic heterocycles. The van der Waals surface area contributed by atoms with E-state index in [1.54, 1.807) is 7.05 Å². The lowest BCUT2D eigenvalue weighted by Gasteiger charge is -1.97. The van der Waals surface area contributed by atoms with E-state index in [2.05, 4.69) is 4.98 Å². The maximum absolute atomic E-state index is 10.9. The van der Waals surface area contributed by atoms with E-state index in [1.807, 2.05) is 0 Å². The number of aromatic carboxylic acids is 1. The Morgan fingerprint density at radius 3 is 3.00 bits per heavy atom. The van der Waals surface area contributed by atoms with Gasteiger partial charge in [0.15, 0.2) is 12.0 Å². The minimum atomic E-state index is -1.12. The Hall–Kier alpha value is -2.37. The molecule has 6 heteroatoms. The Kier molecular flexibility index (Phi) is 2.32. The fraction of sp³-hybridized carbons (Fsp3) is 0.100. The standard InChI is InChI=1S/C10H8N2O4/c1-12-5-11-8(7(12)4-13)9-6(10(14)15)2-3-16-9/h2-5H,1H3,(H,14,15). The molecule has 0 aromatic carbocycles. The first-order valence-corrected chi connectivity index (χ1v) is 4.42. The lowest BCUT2D eigenvalue weighted by molar-refractivity contribution is 0.0697. The second-order valence-corrected chi connectivity index (χ2v) is 3.18. The maximum atomic E-state index is 10.9. The van der Waals surface area contributed by atoms with Gasteiger partial charge in [0.25, 0.3) is 0 Å². The van der Waals surface area contributed by atoms with Gasteiger partial charge in [-0.3, -0.25) is 4.79 Å². The summed E-state index contributed by atoms with van der Waals surface area (Å²) in [7, 11) is 1.64. The van der Waals surface area contributed by atoms with Crippen molar-refractivity contribution in [2.45, 2.75) is 0 Å². The van der Waals surface area contributed by atoms with Crippen LogP contribution in [0.15, 0.2) is 23.1 Å². The van der Waals surface area contributed by atoms with Crippen LogP contribution in [0.5, 0.6) is 0 Å². The lowest BCUT2D eigenvalue weighted by atomic mass is 10.2. The molecule has 0 spiro atoms. The number of carbonyl (C=O) groups excluding carboxylic acids is 1. The lowest BCUT2D eigenvalue weighted by Crippen LogP contribution is -1.99. The fourth-order valence-electron chi connectivity index (χ4n) is 1.41. The van der Waals surface area contributed by atoms with Gasteiger partial charge in [0.05, 0.1) is 12.6 Å². The summed E-state index contributed by atoms with van der Waals surface area (Å²) in [6, 6.07) is 1.32. The first-order chi connectivity index (χ1) is 7.65. The molecule has 0 aliphatic rings. The van der Waals surface area contributed by atoms with Crippen molar-refractivity contribution in [3.05, 3.63) is 29.9 Å². The van der Waals surface area contributed by atoms with Crippen molar-refractivity contribution in [1.82, 2.24) is 9.55 Å². The summed E-state index contributed by atoms with van der Waals surface area (Å²) in [5.74, 6) is -1.03. The minimum absolute atomic E-state index is 0.0122. The van der Waals surface area contributed by atoms with Crippen molar-refractivity contribution in [3.8, 4) is 11.5 Å². The summed E-state index contributed by atoms with van der Waals surface area (Å²) in [6.07, 6.45) is 3.28. The first-order valence-electron chi connectivity index (χ1n) is 4.42. The SMILES string of the molecule is Cn1cnc(-c2occc2C(=O)O)c1C=O. The molecule has 0 saturated carbocycles. The van der Waals surface area contributed by atoms with Crippen LogP contribution in [-0.2, 0) is 7.05 Å². The van der Waals surface area contributed by atoms with Gasteiger partial charge in [-0.25, -0.2) is 9.78 Å². The Morgan fingerprint density at radius 1 is 1.62 bits per heavy atom. The first kappa shape index (κ1) is 10.2. The van der Waals surface area contributed by atoms with Gasteiger partial charge < -0.3 is 14.1 Å². The molecule has 6 nitrogen and oxygen atoms in total. The highest BCUT2D eigenvalue weighted by Gasteiger charge is 2.20. The van der Waals surface area contributed by atoms with E-state index in [0.717, 1.165) is 0 Å². The smallest absolute Gasteiger partial charge is 0.339 e. The molecule has 2 aromatic rings. The average molecular weight is 220 g/mol. The minimum Gasteiger partial charge on any atom is -0.478 e. The summed E-state index contributed by atoms with van der Waals surface area (Å²) < 4.78 is 6.55. The molecule has 1 N–H and O–H groups in total. The van der Waals surface area contributed by atoms with Gasteiger partial charge in [-0.05, 0) is 6.07 Å². The molecule has 2 heterocycles. The van der Waals surface area contributed by atoms with Gasteiger partial charge in [-0.15, -0.1) is 0 Å². The third-order valence-electron chi connectivity index (χ3n) is 2.20. The molecule has 0 saturated heterocycles. The molecule has 0 aliphatic carbocycles. The Morgan fingerprint density at radius 2 is 2.38 bits per heavy atom. The molecule has 0 radical (unpaired) electrons. The molecule has 0 bridgehead atoms. The molecule has 2 rings (SSSR count). The van der Waals surface area contributed by atoms with Gasteiger partial charge in [-0.2, -0.15) is 0 Å². The molecular weight excluding hydrogens is 212 g/mol. The number of aromatic nitrogens is 2. The van der Waals surface area contributed by atoms with E-state index in [4.69, 9.17) is 9.52 Å². The zero-order valence-electron chi connectivity index (χ0n) is 8.38. The maximum Gasteiger partial charge on any atom is 0.339 e. The van der Waals surface area contributed by atoms with Gasteiger partial charge in [0.2, 0.25) is 0 Å². The second-order valence-electron chi connectivity index (χ2n) is 3.18. The zero-order valence-corrected chi connectivity index (χ0v) is 8.38. The summed E-state index contributed by atoms with van der Waals surface area (Å²) >= 11 is 0. The normalized spacial score (nSPS) is 10.3. The van der Waals surface area contributed by atoms with Gasteiger partial charge in [0, 0.05) is 7.05 Å². The molecule has 0 aliphatic heterocycles. The number of hydrogen-bond donors (Lipinski definition) is 1. The predicted octanol–water partition coefficient (Wildman–Crippen LogP) is 1.19. The van der Waals surface area contributed by atoms with Gasteiger partial charge in [0.1, 0.15) is 17.0 Å². The van der Waals surface area contributed by atoms with Crippen molar-refractivity contribution in [2.24, 2.45) is 7.05 Å². The number of carbonyl (C=O) groups is 2. The number of carboxylic acid groups (broad SMARTS) is 1. The van der Waals surface area contributed by atoms with Crippen LogP contribution in [0, 0.1) is 0 Å². The van der Waals surface area contributed by atoms with Crippen LogP contribution in [0.4, 0.5) is 0 Å². The average Bonchev–Trinajstić information content (AvgIpc) is 2.82. The van der Waals surface area contributed by atoms with Crippen LogP contribution >= 0.6 is 0 Å². The number of aryl methyl sites for hydroxylation is 1. The Labute approximate surface area is 90.1 Å². The predicted molar refractivity (Wildman–Crippen MR) is 53.3 cm³/mol.